The van der Waals surface area contributed by atoms with Gasteiger partial charge >= 0.3 is 18.7 Å². The molecule has 3 rings (SSSR count). The summed E-state index contributed by atoms with van der Waals surface area (Å²) in [5, 5.41) is 3.96. The lowest BCUT2D eigenvalue weighted by atomic mass is 10.2. The van der Waals surface area contributed by atoms with Gasteiger partial charge in [-0.2, -0.15) is 40.8 Å². The van der Waals surface area contributed by atoms with Gasteiger partial charge in [-0.05, 0) is 74.3 Å². The van der Waals surface area contributed by atoms with E-state index < -0.39 is 24.3 Å². The predicted octanol–water partition coefficient (Wildman–Crippen LogP) is 6.84. The number of hydrogen-bond acceptors (Lipinski definition) is 6. The maximum absolute atomic E-state index is 12.8. The van der Waals surface area contributed by atoms with Crippen molar-refractivity contribution < 1.29 is 35.5 Å². The van der Waals surface area contributed by atoms with Crippen LogP contribution in [0.25, 0.3) is 0 Å². The van der Waals surface area contributed by atoms with Gasteiger partial charge in [0.05, 0.1) is 11.8 Å². The van der Waals surface area contributed by atoms with Crippen LogP contribution in [-0.2, 0) is 6.18 Å². The summed E-state index contributed by atoms with van der Waals surface area (Å²) in [6.45, 7) is 4.82. The first-order chi connectivity index (χ1) is 16.7. The zero-order valence-electron chi connectivity index (χ0n) is 18.9. The van der Waals surface area contributed by atoms with Gasteiger partial charge in [-0.1, -0.05) is 0 Å². The maximum atomic E-state index is 12.8. The van der Waals surface area contributed by atoms with E-state index in [2.05, 4.69) is 30.2 Å². The van der Waals surface area contributed by atoms with Gasteiger partial charge in [0.2, 0.25) is 5.28 Å². The summed E-state index contributed by atoms with van der Waals surface area (Å²) >= 11 is 5.70. The average molecular weight is 538 g/mol. The number of alkyl halides is 7. The molecule has 2 heterocycles. The van der Waals surface area contributed by atoms with E-state index in [1.165, 1.54) is 18.3 Å². The Balaban J connectivity index is 0.000000319. The summed E-state index contributed by atoms with van der Waals surface area (Å²) in [4.78, 5) is 11.6. The second-order valence-corrected chi connectivity index (χ2v) is 7.54. The Morgan fingerprint density at radius 2 is 1.44 bits per heavy atom. The Bertz CT molecular complexity index is 1150. The fraction of sp³-hybridized carbons (Fsp3) is 0.273. The molecule has 0 saturated heterocycles. The van der Waals surface area contributed by atoms with Crippen LogP contribution in [0.4, 0.5) is 36.6 Å². The average Bonchev–Trinajstić information content (AvgIpc) is 2.73. The lowest BCUT2D eigenvalue weighted by Gasteiger charge is -2.16. The summed E-state index contributed by atoms with van der Waals surface area (Å²) in [5.41, 5.74) is 3.94. The number of pyridine rings is 1. The molecular formula is C22H19ClF7N5O. The maximum Gasteiger partial charge on any atom is 0.461 e. The third-order valence-corrected chi connectivity index (χ3v) is 4.19. The van der Waals surface area contributed by atoms with Crippen molar-refractivity contribution >= 4 is 23.6 Å². The van der Waals surface area contributed by atoms with Gasteiger partial charge in [-0.15, -0.1) is 0 Å². The van der Waals surface area contributed by atoms with Gasteiger partial charge in [0.25, 0.3) is 0 Å². The van der Waals surface area contributed by atoms with Crippen molar-refractivity contribution in [3.05, 3.63) is 76.0 Å². The van der Waals surface area contributed by atoms with Gasteiger partial charge in [-0.3, -0.25) is 10.4 Å². The number of aromatic nitrogens is 3. The third-order valence-electron chi connectivity index (χ3n) is 4.02. The van der Waals surface area contributed by atoms with Crippen LogP contribution in [0.2, 0.25) is 5.28 Å². The van der Waals surface area contributed by atoms with Gasteiger partial charge < -0.3 is 4.74 Å². The summed E-state index contributed by atoms with van der Waals surface area (Å²) in [6.07, 6.45) is -11.3. The zero-order valence-corrected chi connectivity index (χ0v) is 19.7. The molecule has 3 aromatic rings. The number of hydrazone groups is 1. The molecule has 2 aromatic heterocycles. The smallest absolute Gasteiger partial charge is 0.428 e. The molecular weight excluding hydrogens is 519 g/mol. The minimum Gasteiger partial charge on any atom is -0.428 e. The molecule has 0 aliphatic heterocycles. The molecule has 0 radical (unpaired) electrons. The van der Waals surface area contributed by atoms with Crippen molar-refractivity contribution in [3.63, 3.8) is 0 Å². The second-order valence-electron chi connectivity index (χ2n) is 7.20. The van der Waals surface area contributed by atoms with Crippen LogP contribution in [0.5, 0.6) is 5.75 Å². The summed E-state index contributed by atoms with van der Waals surface area (Å²) < 4.78 is 89.9. The molecule has 36 heavy (non-hydrogen) atoms. The number of ether oxygens (including phenoxy) is 1. The Hall–Kier alpha value is -3.48. The predicted molar refractivity (Wildman–Crippen MR) is 120 cm³/mol. The molecule has 0 fully saturated rings. The van der Waals surface area contributed by atoms with Crippen LogP contribution in [0, 0.1) is 20.8 Å². The molecule has 0 unspecified atom stereocenters. The van der Waals surface area contributed by atoms with Gasteiger partial charge in [0.1, 0.15) is 5.75 Å². The highest BCUT2D eigenvalue weighted by atomic mass is 35.5. The van der Waals surface area contributed by atoms with E-state index in [9.17, 15) is 30.7 Å². The molecule has 1 N–H and O–H groups in total. The normalized spacial score (nSPS) is 11.9. The van der Waals surface area contributed by atoms with Crippen molar-refractivity contribution in [2.75, 3.05) is 5.43 Å². The summed E-state index contributed by atoms with van der Waals surface area (Å²) in [7, 11) is 0. The molecule has 0 spiro atoms. The SMILES string of the molecule is Cc1cc(C(F)(F)F)cc(C)n1.Cc1cc(N/N=C/c2ccc(OC(F)(F)C(F)F)cc2)nc(Cl)n1. The Morgan fingerprint density at radius 3 is 1.94 bits per heavy atom. The van der Waals surface area contributed by atoms with Crippen LogP contribution < -0.4 is 10.2 Å². The summed E-state index contributed by atoms with van der Waals surface area (Å²) in [5.74, 6) is -0.0103. The van der Waals surface area contributed by atoms with E-state index in [4.69, 9.17) is 11.6 Å². The lowest BCUT2D eigenvalue weighted by molar-refractivity contribution is -0.253. The first-order valence-electron chi connectivity index (χ1n) is 9.93. The van der Waals surface area contributed by atoms with E-state index in [1.54, 1.807) is 26.8 Å². The number of hydrogen-bond donors (Lipinski definition) is 1. The number of anilines is 1. The molecule has 194 valence electrons. The number of nitrogens with one attached hydrogen (secondary N) is 1. The number of benzene rings is 1. The zero-order chi connectivity index (χ0) is 27.1. The highest BCUT2D eigenvalue weighted by molar-refractivity contribution is 6.28. The minimum absolute atomic E-state index is 0.0640. The van der Waals surface area contributed by atoms with Crippen LogP contribution in [0.3, 0.4) is 0 Å². The first kappa shape index (κ1) is 28.8. The molecule has 0 aliphatic rings. The Kier molecular flexibility index (Phi) is 9.56. The number of rotatable bonds is 6. The molecule has 0 bridgehead atoms. The Labute approximate surface area is 206 Å². The molecule has 0 aliphatic carbocycles. The van der Waals surface area contributed by atoms with Crippen molar-refractivity contribution in [3.8, 4) is 5.75 Å². The van der Waals surface area contributed by atoms with Gasteiger partial charge in [-0.25, -0.2) is 4.98 Å². The second kappa shape index (κ2) is 12.0. The molecule has 0 amide bonds. The molecule has 1 aromatic carbocycles. The van der Waals surface area contributed by atoms with Crippen molar-refractivity contribution in [1.29, 1.82) is 0 Å². The van der Waals surface area contributed by atoms with Gasteiger partial charge in [0, 0.05) is 23.1 Å². The largest absolute Gasteiger partial charge is 0.461 e. The monoisotopic (exact) mass is 537 g/mol. The van der Waals surface area contributed by atoms with Crippen molar-refractivity contribution in [2.24, 2.45) is 5.10 Å². The number of nitrogens with zero attached hydrogens (tertiary/aromatic N) is 4. The quantitative estimate of drug-likeness (QED) is 0.161. The third kappa shape index (κ3) is 9.29. The van der Waals surface area contributed by atoms with E-state index in [0.29, 0.717) is 28.5 Å². The summed E-state index contributed by atoms with van der Waals surface area (Å²) in [6, 6.07) is 8.69. The lowest BCUT2D eigenvalue weighted by Crippen LogP contribution is -2.33. The minimum atomic E-state index is -4.54. The highest BCUT2D eigenvalue weighted by Crippen LogP contribution is 2.29. The van der Waals surface area contributed by atoms with Crippen LogP contribution in [0.1, 0.15) is 28.2 Å². The first-order valence-corrected chi connectivity index (χ1v) is 10.3. The highest BCUT2D eigenvalue weighted by Gasteiger charge is 2.43. The molecule has 0 saturated carbocycles. The van der Waals surface area contributed by atoms with E-state index in [1.807, 2.05) is 0 Å². The van der Waals surface area contributed by atoms with Crippen LogP contribution in [0.15, 0.2) is 47.6 Å². The fourth-order valence-corrected chi connectivity index (χ4v) is 2.81. The van der Waals surface area contributed by atoms with Gasteiger partial charge in [0.15, 0.2) is 5.82 Å². The van der Waals surface area contributed by atoms with Crippen molar-refractivity contribution in [2.45, 2.75) is 39.5 Å². The van der Waals surface area contributed by atoms with Crippen LogP contribution in [-0.4, -0.2) is 33.7 Å². The molecule has 0 atom stereocenters. The van der Waals surface area contributed by atoms with E-state index in [-0.39, 0.29) is 11.0 Å². The topological polar surface area (TPSA) is 72.3 Å². The number of halogens is 8. The Morgan fingerprint density at radius 1 is 0.889 bits per heavy atom. The molecule has 14 heteroatoms. The molecule has 6 nitrogen and oxygen atoms in total. The fourth-order valence-electron chi connectivity index (χ4n) is 2.58. The standard InChI is InChI=1S/C14H11ClF4N4O.C8H8F3N/c1-8-6-11(22-13(15)21-8)23-20-7-9-2-4-10(5-3-9)24-14(18,19)12(16)17;1-5-3-7(8(9,10)11)4-6(2)12-5/h2-7,12H,1H3,(H,21,22,23);3-4H,1-2H3/b20-7+;. The van der Waals surface area contributed by atoms with E-state index in [0.717, 1.165) is 24.3 Å². The van der Waals surface area contributed by atoms with Crippen LogP contribution >= 0.6 is 11.6 Å². The van der Waals surface area contributed by atoms with Crippen molar-refractivity contribution in [1.82, 2.24) is 15.0 Å². The number of aryl methyl sites for hydroxylation is 3. The van der Waals surface area contributed by atoms with E-state index >= 15 is 0 Å².